The molecule has 1 aliphatic heterocycles. The Kier molecular flexibility index (Phi) is 9.24. The molecule has 0 aromatic heterocycles. The molecule has 1 saturated heterocycles. The van der Waals surface area contributed by atoms with Crippen LogP contribution in [-0.4, -0.2) is 54.6 Å². The van der Waals surface area contributed by atoms with Crippen LogP contribution in [0, 0.1) is 11.8 Å². The second-order valence-electron chi connectivity index (χ2n) is 8.77. The Bertz CT molecular complexity index is 461. The highest BCUT2D eigenvalue weighted by Crippen LogP contribution is 2.25. The molecule has 0 unspecified atom stereocenters. The van der Waals surface area contributed by atoms with Gasteiger partial charge in [0, 0.05) is 38.0 Å². The Morgan fingerprint density at radius 3 is 2.07 bits per heavy atom. The summed E-state index contributed by atoms with van der Waals surface area (Å²) >= 11 is 0. The van der Waals surface area contributed by atoms with Crippen LogP contribution in [0.1, 0.15) is 79.1 Å². The number of likely N-dealkylation sites (tertiary alicyclic amines) is 1. The molecule has 156 valence electrons. The van der Waals surface area contributed by atoms with Crippen molar-refractivity contribution >= 4 is 11.7 Å². The topological polar surface area (TPSA) is 55.8 Å². The van der Waals surface area contributed by atoms with Gasteiger partial charge in [0.2, 0.25) is 5.91 Å². The Hall–Kier alpha value is -0.940. The summed E-state index contributed by atoms with van der Waals surface area (Å²) in [6.07, 6.45) is 8.25. The molecular formula is C22H39NO4. The van der Waals surface area contributed by atoms with E-state index in [-0.39, 0.29) is 17.7 Å². The Balaban J connectivity index is 1.55. The lowest BCUT2D eigenvalue weighted by Gasteiger charge is -2.32. The molecule has 27 heavy (non-hydrogen) atoms. The van der Waals surface area contributed by atoms with E-state index in [1.165, 1.54) is 0 Å². The third kappa shape index (κ3) is 7.53. The van der Waals surface area contributed by atoms with Gasteiger partial charge >= 0.3 is 0 Å². The third-order valence-electron chi connectivity index (χ3n) is 5.79. The average Bonchev–Trinajstić information content (AvgIpc) is 2.65. The minimum Gasteiger partial charge on any atom is -0.378 e. The summed E-state index contributed by atoms with van der Waals surface area (Å²) in [5.41, 5.74) is 0. The van der Waals surface area contributed by atoms with E-state index in [2.05, 4.69) is 13.8 Å². The summed E-state index contributed by atoms with van der Waals surface area (Å²) in [6, 6.07) is 0. The van der Waals surface area contributed by atoms with Crippen molar-refractivity contribution in [2.45, 2.75) is 97.4 Å². The molecule has 2 fully saturated rings. The predicted molar refractivity (Wildman–Crippen MR) is 107 cm³/mol. The van der Waals surface area contributed by atoms with Gasteiger partial charge < -0.3 is 14.4 Å². The van der Waals surface area contributed by atoms with Crippen molar-refractivity contribution in [3.63, 3.8) is 0 Å². The van der Waals surface area contributed by atoms with Crippen molar-refractivity contribution < 1.29 is 19.1 Å². The van der Waals surface area contributed by atoms with Crippen LogP contribution in [0.3, 0.4) is 0 Å². The van der Waals surface area contributed by atoms with Crippen molar-refractivity contribution in [3.05, 3.63) is 0 Å². The highest BCUT2D eigenvalue weighted by Gasteiger charge is 2.28. The van der Waals surface area contributed by atoms with E-state index in [0.29, 0.717) is 37.1 Å². The summed E-state index contributed by atoms with van der Waals surface area (Å²) in [7, 11) is 0. The van der Waals surface area contributed by atoms with Gasteiger partial charge in [0.1, 0.15) is 5.78 Å². The van der Waals surface area contributed by atoms with Gasteiger partial charge in [-0.25, -0.2) is 0 Å². The number of piperidine rings is 1. The Morgan fingerprint density at radius 2 is 1.52 bits per heavy atom. The molecule has 0 bridgehead atoms. The molecule has 2 aliphatic rings. The SMILES string of the molecule is CC(C)O[C@H]1CC[C@H](OCCCC(=O)N2CCC(C(=O)C(C)C)CC2)CC1. The maximum absolute atomic E-state index is 12.4. The second kappa shape index (κ2) is 11.2. The molecule has 0 radical (unpaired) electrons. The fraction of sp³-hybridized carbons (Fsp3) is 0.909. The first-order valence-electron chi connectivity index (χ1n) is 10.9. The highest BCUT2D eigenvalue weighted by atomic mass is 16.5. The summed E-state index contributed by atoms with van der Waals surface area (Å²) in [4.78, 5) is 26.4. The predicted octanol–water partition coefficient (Wildman–Crippen LogP) is 3.98. The molecule has 5 nitrogen and oxygen atoms in total. The van der Waals surface area contributed by atoms with Gasteiger partial charge in [-0.3, -0.25) is 9.59 Å². The molecule has 0 atom stereocenters. The molecule has 0 aromatic rings. The van der Waals surface area contributed by atoms with Gasteiger partial charge in [0.25, 0.3) is 0 Å². The molecule has 1 saturated carbocycles. The normalized spacial score (nSPS) is 24.6. The minimum atomic E-state index is 0.0985. The zero-order valence-electron chi connectivity index (χ0n) is 17.7. The quantitative estimate of drug-likeness (QED) is 0.567. The number of hydrogen-bond donors (Lipinski definition) is 0. The smallest absolute Gasteiger partial charge is 0.222 e. The van der Waals surface area contributed by atoms with Crippen LogP contribution < -0.4 is 0 Å². The van der Waals surface area contributed by atoms with Crippen LogP contribution in [-0.2, 0) is 19.1 Å². The lowest BCUT2D eigenvalue weighted by atomic mass is 9.87. The van der Waals surface area contributed by atoms with Gasteiger partial charge in [0.05, 0.1) is 18.3 Å². The summed E-state index contributed by atoms with van der Waals surface area (Å²) in [5.74, 6) is 0.806. The van der Waals surface area contributed by atoms with Gasteiger partial charge in [-0.05, 0) is 58.8 Å². The van der Waals surface area contributed by atoms with Gasteiger partial charge in [-0.2, -0.15) is 0 Å². The van der Waals surface area contributed by atoms with E-state index in [1.54, 1.807) is 0 Å². The van der Waals surface area contributed by atoms with Gasteiger partial charge in [0.15, 0.2) is 0 Å². The van der Waals surface area contributed by atoms with Crippen LogP contribution in [0.4, 0.5) is 0 Å². The number of Topliss-reactive ketones (excluding diaryl/α,β-unsaturated/α-hetero) is 1. The lowest BCUT2D eigenvalue weighted by Crippen LogP contribution is -2.41. The molecule has 0 spiro atoms. The number of carbonyl (C=O) groups excluding carboxylic acids is 2. The third-order valence-corrected chi connectivity index (χ3v) is 5.79. The maximum Gasteiger partial charge on any atom is 0.222 e. The number of carbonyl (C=O) groups is 2. The fourth-order valence-corrected chi connectivity index (χ4v) is 4.24. The number of ether oxygens (including phenoxy) is 2. The number of nitrogens with zero attached hydrogens (tertiary/aromatic N) is 1. The molecule has 5 heteroatoms. The Morgan fingerprint density at radius 1 is 0.926 bits per heavy atom. The summed E-state index contributed by atoms with van der Waals surface area (Å²) < 4.78 is 11.9. The molecule has 1 aliphatic carbocycles. The maximum atomic E-state index is 12.4. The van der Waals surface area contributed by atoms with Crippen LogP contribution in [0.25, 0.3) is 0 Å². The van der Waals surface area contributed by atoms with Crippen molar-refractivity contribution in [1.29, 1.82) is 0 Å². The summed E-state index contributed by atoms with van der Waals surface area (Å²) in [6.45, 7) is 10.2. The fourth-order valence-electron chi connectivity index (χ4n) is 4.24. The van der Waals surface area contributed by atoms with Crippen LogP contribution in [0.5, 0.6) is 0 Å². The lowest BCUT2D eigenvalue weighted by molar-refractivity contribution is -0.136. The van der Waals surface area contributed by atoms with Crippen molar-refractivity contribution in [3.8, 4) is 0 Å². The summed E-state index contributed by atoms with van der Waals surface area (Å²) in [5, 5.41) is 0. The van der Waals surface area contributed by atoms with Crippen molar-refractivity contribution in [2.24, 2.45) is 11.8 Å². The van der Waals surface area contributed by atoms with Crippen molar-refractivity contribution in [1.82, 2.24) is 4.90 Å². The number of ketones is 1. The number of rotatable bonds is 9. The van der Waals surface area contributed by atoms with Crippen LogP contribution >= 0.6 is 0 Å². The highest BCUT2D eigenvalue weighted by molar-refractivity contribution is 5.83. The van der Waals surface area contributed by atoms with Gasteiger partial charge in [-0.15, -0.1) is 0 Å². The molecule has 0 aromatic carbocycles. The van der Waals surface area contributed by atoms with Gasteiger partial charge in [-0.1, -0.05) is 13.8 Å². The van der Waals surface area contributed by atoms with Crippen LogP contribution in [0.2, 0.25) is 0 Å². The molecule has 0 N–H and O–H groups in total. The monoisotopic (exact) mass is 381 g/mol. The zero-order valence-corrected chi connectivity index (χ0v) is 17.7. The molecule has 2 rings (SSSR count). The van der Waals surface area contributed by atoms with E-state index >= 15 is 0 Å². The first kappa shape index (κ1) is 22.4. The number of amides is 1. The van der Waals surface area contributed by atoms with Crippen molar-refractivity contribution in [2.75, 3.05) is 19.7 Å². The Labute approximate surface area is 165 Å². The molecular weight excluding hydrogens is 342 g/mol. The molecule has 1 heterocycles. The van der Waals surface area contributed by atoms with E-state index in [4.69, 9.17) is 9.47 Å². The minimum absolute atomic E-state index is 0.0985. The van der Waals surface area contributed by atoms with E-state index in [1.807, 2.05) is 18.7 Å². The standard InChI is InChI=1S/C22H39NO4/c1-16(2)22(25)18-11-13-23(14-12-18)21(24)6-5-15-26-19-7-9-20(10-8-19)27-17(3)4/h16-20H,5-15H2,1-4H3/t19-,20-. The molecule has 1 amide bonds. The first-order valence-corrected chi connectivity index (χ1v) is 10.9. The first-order chi connectivity index (χ1) is 12.9. The average molecular weight is 382 g/mol. The van der Waals surface area contributed by atoms with Crippen LogP contribution in [0.15, 0.2) is 0 Å². The zero-order chi connectivity index (χ0) is 19.8. The van der Waals surface area contributed by atoms with E-state index in [0.717, 1.165) is 58.0 Å². The second-order valence-corrected chi connectivity index (χ2v) is 8.77. The largest absolute Gasteiger partial charge is 0.378 e. The number of hydrogen-bond acceptors (Lipinski definition) is 4. The van der Waals surface area contributed by atoms with E-state index < -0.39 is 0 Å². The van der Waals surface area contributed by atoms with E-state index in [9.17, 15) is 9.59 Å².